The number of amides is 1. The second kappa shape index (κ2) is 6.03. The summed E-state index contributed by atoms with van der Waals surface area (Å²) in [5.74, 6) is -0.991. The highest BCUT2D eigenvalue weighted by atomic mass is 16.4. The molecule has 0 atom stereocenters. The lowest BCUT2D eigenvalue weighted by atomic mass is 10.1. The molecule has 92 valence electrons. The van der Waals surface area contributed by atoms with E-state index in [2.05, 4.69) is 5.32 Å². The lowest BCUT2D eigenvalue weighted by Crippen LogP contribution is -2.12. The van der Waals surface area contributed by atoms with Gasteiger partial charge in [-0.25, -0.2) is 4.79 Å². The zero-order valence-corrected chi connectivity index (χ0v) is 10.1. The third-order valence-electron chi connectivity index (χ3n) is 2.50. The van der Waals surface area contributed by atoms with E-state index in [4.69, 9.17) is 5.11 Å². The fourth-order valence-corrected chi connectivity index (χ4v) is 1.49. The Labute approximate surface area is 101 Å². The van der Waals surface area contributed by atoms with Crippen molar-refractivity contribution in [2.24, 2.45) is 0 Å². The molecule has 0 heterocycles. The second-order valence-corrected chi connectivity index (χ2v) is 3.99. The summed E-state index contributed by atoms with van der Waals surface area (Å²) in [7, 11) is 0. The third kappa shape index (κ3) is 3.90. The molecule has 0 radical (unpaired) electrons. The summed E-state index contributed by atoms with van der Waals surface area (Å²) in [6.07, 6.45) is 2.33. The van der Waals surface area contributed by atoms with Crippen molar-refractivity contribution in [3.05, 3.63) is 29.3 Å². The molecule has 1 aromatic rings. The zero-order valence-electron chi connectivity index (χ0n) is 10.1. The number of carbonyl (C=O) groups excluding carboxylic acids is 1. The van der Waals surface area contributed by atoms with E-state index in [1.165, 1.54) is 6.07 Å². The average Bonchev–Trinajstić information content (AvgIpc) is 2.28. The summed E-state index contributed by atoms with van der Waals surface area (Å²) in [5, 5.41) is 11.6. The molecule has 0 aliphatic carbocycles. The highest BCUT2D eigenvalue weighted by molar-refractivity contribution is 5.93. The molecule has 0 saturated carbocycles. The van der Waals surface area contributed by atoms with Crippen LogP contribution in [0.3, 0.4) is 0 Å². The number of anilines is 1. The van der Waals surface area contributed by atoms with Crippen LogP contribution >= 0.6 is 0 Å². The number of benzene rings is 1. The van der Waals surface area contributed by atoms with E-state index in [0.29, 0.717) is 12.1 Å². The molecule has 0 aliphatic rings. The monoisotopic (exact) mass is 235 g/mol. The van der Waals surface area contributed by atoms with Crippen molar-refractivity contribution in [2.45, 2.75) is 33.1 Å². The first-order valence-electron chi connectivity index (χ1n) is 5.68. The van der Waals surface area contributed by atoms with Gasteiger partial charge in [0.2, 0.25) is 5.91 Å². The highest BCUT2D eigenvalue weighted by Gasteiger charge is 2.07. The van der Waals surface area contributed by atoms with Gasteiger partial charge in [-0.3, -0.25) is 4.79 Å². The van der Waals surface area contributed by atoms with E-state index < -0.39 is 5.97 Å². The highest BCUT2D eigenvalue weighted by Crippen LogP contribution is 2.17. The molecule has 17 heavy (non-hydrogen) atoms. The minimum absolute atomic E-state index is 0.0296. The number of carboxylic acids is 1. The molecule has 1 amide bonds. The van der Waals surface area contributed by atoms with Crippen LogP contribution in [0.2, 0.25) is 0 Å². The molecule has 0 spiro atoms. The van der Waals surface area contributed by atoms with Crippen molar-refractivity contribution in [3.8, 4) is 0 Å². The molecule has 1 rings (SSSR count). The van der Waals surface area contributed by atoms with Gasteiger partial charge in [-0.05, 0) is 37.1 Å². The lowest BCUT2D eigenvalue weighted by Gasteiger charge is -2.08. The van der Waals surface area contributed by atoms with E-state index in [9.17, 15) is 9.59 Å². The van der Waals surface area contributed by atoms with Gasteiger partial charge in [0.25, 0.3) is 0 Å². The number of carbonyl (C=O) groups is 2. The van der Waals surface area contributed by atoms with Crippen LogP contribution in [-0.4, -0.2) is 17.0 Å². The summed E-state index contributed by atoms with van der Waals surface area (Å²) in [6, 6.07) is 4.67. The van der Waals surface area contributed by atoms with Crippen LogP contribution in [-0.2, 0) is 4.79 Å². The number of hydrogen-bond donors (Lipinski definition) is 2. The van der Waals surface area contributed by atoms with Gasteiger partial charge >= 0.3 is 5.97 Å². The predicted molar refractivity (Wildman–Crippen MR) is 66.3 cm³/mol. The van der Waals surface area contributed by atoms with Crippen molar-refractivity contribution in [1.82, 2.24) is 0 Å². The van der Waals surface area contributed by atoms with E-state index in [1.807, 2.05) is 6.92 Å². The van der Waals surface area contributed by atoms with Gasteiger partial charge in [0.15, 0.2) is 0 Å². The first-order chi connectivity index (χ1) is 8.04. The Morgan fingerprint density at radius 1 is 1.35 bits per heavy atom. The normalized spacial score (nSPS) is 10.0. The van der Waals surface area contributed by atoms with Gasteiger partial charge in [0.05, 0.1) is 5.56 Å². The first-order valence-corrected chi connectivity index (χ1v) is 5.68. The van der Waals surface area contributed by atoms with Gasteiger partial charge in [-0.1, -0.05) is 13.3 Å². The molecular weight excluding hydrogens is 218 g/mol. The molecule has 4 nitrogen and oxygen atoms in total. The summed E-state index contributed by atoms with van der Waals surface area (Å²) >= 11 is 0. The van der Waals surface area contributed by atoms with Crippen LogP contribution in [0.25, 0.3) is 0 Å². The van der Waals surface area contributed by atoms with Crippen LogP contribution < -0.4 is 5.32 Å². The Balaban J connectivity index is 2.72. The smallest absolute Gasteiger partial charge is 0.335 e. The van der Waals surface area contributed by atoms with Gasteiger partial charge in [-0.15, -0.1) is 0 Å². The van der Waals surface area contributed by atoms with Crippen molar-refractivity contribution in [1.29, 1.82) is 0 Å². The van der Waals surface area contributed by atoms with E-state index in [0.717, 1.165) is 18.4 Å². The Hall–Kier alpha value is -1.84. The van der Waals surface area contributed by atoms with E-state index >= 15 is 0 Å². The molecule has 4 heteroatoms. The third-order valence-corrected chi connectivity index (χ3v) is 2.50. The van der Waals surface area contributed by atoms with Crippen LogP contribution in [0.1, 0.15) is 42.1 Å². The van der Waals surface area contributed by atoms with Crippen LogP contribution in [0.4, 0.5) is 5.69 Å². The van der Waals surface area contributed by atoms with Crippen LogP contribution in [0, 0.1) is 6.92 Å². The Morgan fingerprint density at radius 3 is 2.59 bits per heavy atom. The second-order valence-electron chi connectivity index (χ2n) is 3.99. The molecule has 0 fully saturated rings. The Bertz CT molecular complexity index is 427. The topological polar surface area (TPSA) is 66.4 Å². The minimum atomic E-state index is -0.961. The molecule has 1 aromatic carbocycles. The molecule has 2 N–H and O–H groups in total. The predicted octanol–water partition coefficient (Wildman–Crippen LogP) is 2.82. The molecule has 0 saturated heterocycles. The van der Waals surface area contributed by atoms with Gasteiger partial charge in [-0.2, -0.15) is 0 Å². The lowest BCUT2D eigenvalue weighted by molar-refractivity contribution is -0.116. The van der Waals surface area contributed by atoms with E-state index in [-0.39, 0.29) is 11.5 Å². The molecule has 0 aliphatic heterocycles. The fraction of sp³-hybridized carbons (Fsp3) is 0.385. The maximum absolute atomic E-state index is 11.5. The Kier molecular flexibility index (Phi) is 4.69. The number of aryl methyl sites for hydroxylation is 1. The molecule has 0 bridgehead atoms. The minimum Gasteiger partial charge on any atom is -0.478 e. The zero-order chi connectivity index (χ0) is 12.8. The largest absolute Gasteiger partial charge is 0.478 e. The Morgan fingerprint density at radius 2 is 2.06 bits per heavy atom. The fourth-order valence-electron chi connectivity index (χ4n) is 1.49. The first kappa shape index (κ1) is 13.2. The summed E-state index contributed by atoms with van der Waals surface area (Å²) in [4.78, 5) is 22.3. The molecular formula is C13H17NO3. The van der Waals surface area contributed by atoms with E-state index in [1.54, 1.807) is 19.1 Å². The number of carboxylic acid groups (broad SMARTS) is 1. The van der Waals surface area contributed by atoms with Crippen molar-refractivity contribution in [3.63, 3.8) is 0 Å². The van der Waals surface area contributed by atoms with Gasteiger partial charge in [0, 0.05) is 12.1 Å². The average molecular weight is 235 g/mol. The van der Waals surface area contributed by atoms with Crippen LogP contribution in [0.15, 0.2) is 18.2 Å². The van der Waals surface area contributed by atoms with Crippen molar-refractivity contribution < 1.29 is 14.7 Å². The number of aromatic carboxylic acids is 1. The molecule has 0 aromatic heterocycles. The van der Waals surface area contributed by atoms with Crippen molar-refractivity contribution in [2.75, 3.05) is 5.32 Å². The summed E-state index contributed by atoms with van der Waals surface area (Å²) in [6.45, 7) is 3.81. The maximum atomic E-state index is 11.5. The number of rotatable bonds is 5. The SMILES string of the molecule is CCCCC(=O)Nc1ccc(C(=O)O)cc1C. The van der Waals surface area contributed by atoms with Gasteiger partial charge in [0.1, 0.15) is 0 Å². The number of unbranched alkanes of at least 4 members (excludes halogenated alkanes) is 1. The van der Waals surface area contributed by atoms with Crippen molar-refractivity contribution >= 4 is 17.6 Å². The summed E-state index contributed by atoms with van der Waals surface area (Å²) < 4.78 is 0. The summed E-state index contributed by atoms with van der Waals surface area (Å²) in [5.41, 5.74) is 1.67. The number of nitrogens with one attached hydrogen (secondary N) is 1. The van der Waals surface area contributed by atoms with Crippen LogP contribution in [0.5, 0.6) is 0 Å². The number of hydrogen-bond acceptors (Lipinski definition) is 2. The standard InChI is InChI=1S/C13H17NO3/c1-3-4-5-12(15)14-11-7-6-10(13(16)17)8-9(11)2/h6-8H,3-5H2,1-2H3,(H,14,15)(H,16,17). The maximum Gasteiger partial charge on any atom is 0.335 e. The quantitative estimate of drug-likeness (QED) is 0.824. The molecule has 0 unspecified atom stereocenters. The van der Waals surface area contributed by atoms with Gasteiger partial charge < -0.3 is 10.4 Å².